The minimum atomic E-state index is -0.183. The van der Waals surface area contributed by atoms with Crippen molar-refractivity contribution in [2.75, 3.05) is 31.8 Å². The summed E-state index contributed by atoms with van der Waals surface area (Å²) in [6.45, 7) is 7.19. The van der Waals surface area contributed by atoms with E-state index in [0.29, 0.717) is 31.1 Å². The molecular formula is C28H35NO5S. The van der Waals surface area contributed by atoms with Gasteiger partial charge in [-0.25, -0.2) is 0 Å². The zero-order valence-corrected chi connectivity index (χ0v) is 21.8. The maximum atomic E-state index is 12.9. The SMILES string of the molecule is CC.CCOC(=O)CSCCCOc1ccccc1CN(C)C(=O)c1ccc(-c2ccco2)cc1. The summed E-state index contributed by atoms with van der Waals surface area (Å²) in [4.78, 5) is 26.0. The van der Waals surface area contributed by atoms with E-state index in [0.717, 1.165) is 34.8 Å². The first-order valence-electron chi connectivity index (χ1n) is 11.9. The number of para-hydroxylation sites is 1. The molecule has 188 valence electrons. The standard InChI is InChI=1S/C26H29NO5S.C2H6/c1-3-30-25(28)19-33-17-7-16-32-24-9-5-4-8-22(24)18-27(2)26(29)21-13-11-20(12-14-21)23-10-6-15-31-23;1-2/h4-6,8-15H,3,7,16-19H2,1-2H3;1-2H3. The van der Waals surface area contributed by atoms with Crippen LogP contribution in [0, 0.1) is 0 Å². The lowest BCUT2D eigenvalue weighted by molar-refractivity contribution is -0.139. The van der Waals surface area contributed by atoms with Crippen LogP contribution in [0.2, 0.25) is 0 Å². The Labute approximate surface area is 212 Å². The van der Waals surface area contributed by atoms with Crippen molar-refractivity contribution in [2.45, 2.75) is 33.7 Å². The van der Waals surface area contributed by atoms with Crippen molar-refractivity contribution in [3.05, 3.63) is 78.1 Å². The van der Waals surface area contributed by atoms with E-state index in [4.69, 9.17) is 13.9 Å². The van der Waals surface area contributed by atoms with Crippen LogP contribution in [0.25, 0.3) is 11.3 Å². The Morgan fingerprint density at radius 2 is 1.74 bits per heavy atom. The van der Waals surface area contributed by atoms with Crippen molar-refractivity contribution in [3.8, 4) is 17.1 Å². The fourth-order valence-electron chi connectivity index (χ4n) is 3.24. The number of carbonyl (C=O) groups excluding carboxylic acids is 2. The molecule has 2 aromatic carbocycles. The van der Waals surface area contributed by atoms with Crippen LogP contribution < -0.4 is 4.74 Å². The molecule has 0 spiro atoms. The molecule has 0 saturated carbocycles. The molecule has 35 heavy (non-hydrogen) atoms. The van der Waals surface area contributed by atoms with Crippen LogP contribution in [0.3, 0.4) is 0 Å². The predicted molar refractivity (Wildman–Crippen MR) is 142 cm³/mol. The molecule has 3 rings (SSSR count). The summed E-state index contributed by atoms with van der Waals surface area (Å²) >= 11 is 1.54. The molecule has 0 atom stereocenters. The molecule has 0 radical (unpaired) electrons. The zero-order valence-electron chi connectivity index (χ0n) is 21.0. The van der Waals surface area contributed by atoms with Crippen molar-refractivity contribution < 1.29 is 23.5 Å². The molecular weight excluding hydrogens is 462 g/mol. The predicted octanol–water partition coefficient (Wildman–Crippen LogP) is 6.31. The topological polar surface area (TPSA) is 69.0 Å². The summed E-state index contributed by atoms with van der Waals surface area (Å²) in [6, 6.07) is 18.9. The molecule has 0 aliphatic heterocycles. The molecule has 7 heteroatoms. The van der Waals surface area contributed by atoms with Crippen molar-refractivity contribution in [1.29, 1.82) is 0 Å². The van der Waals surface area contributed by atoms with E-state index < -0.39 is 0 Å². The van der Waals surface area contributed by atoms with Crippen molar-refractivity contribution >= 4 is 23.6 Å². The van der Waals surface area contributed by atoms with Gasteiger partial charge < -0.3 is 18.8 Å². The van der Waals surface area contributed by atoms with Gasteiger partial charge in [-0.3, -0.25) is 9.59 Å². The van der Waals surface area contributed by atoms with Crippen molar-refractivity contribution in [1.82, 2.24) is 4.90 Å². The maximum Gasteiger partial charge on any atom is 0.315 e. The molecule has 0 saturated heterocycles. The number of hydrogen-bond donors (Lipinski definition) is 0. The Bertz CT molecular complexity index is 1020. The van der Waals surface area contributed by atoms with Gasteiger partial charge in [0, 0.05) is 30.3 Å². The second-order valence-corrected chi connectivity index (χ2v) is 8.49. The van der Waals surface area contributed by atoms with E-state index in [1.54, 1.807) is 25.1 Å². The molecule has 3 aromatic rings. The summed E-state index contributed by atoms with van der Waals surface area (Å²) < 4.78 is 16.3. The van der Waals surface area contributed by atoms with E-state index in [1.807, 2.05) is 74.5 Å². The van der Waals surface area contributed by atoms with Gasteiger partial charge in [0.2, 0.25) is 0 Å². The van der Waals surface area contributed by atoms with Crippen LogP contribution in [-0.4, -0.2) is 48.5 Å². The van der Waals surface area contributed by atoms with E-state index in [1.165, 1.54) is 11.8 Å². The summed E-state index contributed by atoms with van der Waals surface area (Å²) in [5.74, 6) is 2.46. The van der Waals surface area contributed by atoms with Gasteiger partial charge in [-0.1, -0.05) is 44.2 Å². The molecule has 1 heterocycles. The lowest BCUT2D eigenvalue weighted by Crippen LogP contribution is -2.26. The first-order valence-corrected chi connectivity index (χ1v) is 13.1. The highest BCUT2D eigenvalue weighted by atomic mass is 32.2. The van der Waals surface area contributed by atoms with E-state index >= 15 is 0 Å². The van der Waals surface area contributed by atoms with Crippen LogP contribution >= 0.6 is 11.8 Å². The van der Waals surface area contributed by atoms with Gasteiger partial charge in [-0.2, -0.15) is 11.8 Å². The van der Waals surface area contributed by atoms with Gasteiger partial charge in [-0.05, 0) is 49.4 Å². The fourth-order valence-corrected chi connectivity index (χ4v) is 3.96. The minimum Gasteiger partial charge on any atom is -0.493 e. The van der Waals surface area contributed by atoms with Crippen LogP contribution in [0.4, 0.5) is 0 Å². The third-order valence-electron chi connectivity index (χ3n) is 4.88. The van der Waals surface area contributed by atoms with E-state index in [2.05, 4.69) is 0 Å². The van der Waals surface area contributed by atoms with Crippen LogP contribution in [0.15, 0.2) is 71.3 Å². The number of thioether (sulfide) groups is 1. The van der Waals surface area contributed by atoms with Crippen LogP contribution in [0.5, 0.6) is 5.75 Å². The Hall–Kier alpha value is -3.19. The average molecular weight is 498 g/mol. The molecule has 1 aromatic heterocycles. The normalized spacial score (nSPS) is 10.2. The largest absolute Gasteiger partial charge is 0.493 e. The molecule has 0 unspecified atom stereocenters. The molecule has 6 nitrogen and oxygen atoms in total. The van der Waals surface area contributed by atoms with Crippen molar-refractivity contribution in [3.63, 3.8) is 0 Å². The minimum absolute atomic E-state index is 0.0637. The third kappa shape index (κ3) is 9.17. The Kier molecular flexibility index (Phi) is 12.6. The first kappa shape index (κ1) is 28.1. The number of esters is 1. The number of ether oxygens (including phenoxy) is 2. The molecule has 0 N–H and O–H groups in total. The highest BCUT2D eigenvalue weighted by Crippen LogP contribution is 2.23. The average Bonchev–Trinajstić information content (AvgIpc) is 3.43. The monoisotopic (exact) mass is 497 g/mol. The Morgan fingerprint density at radius 1 is 1.00 bits per heavy atom. The van der Waals surface area contributed by atoms with Crippen LogP contribution in [-0.2, 0) is 16.1 Å². The molecule has 0 bridgehead atoms. The zero-order chi connectivity index (χ0) is 25.5. The number of benzene rings is 2. The lowest BCUT2D eigenvalue weighted by atomic mass is 10.1. The number of hydrogen-bond acceptors (Lipinski definition) is 6. The number of carbonyl (C=O) groups is 2. The Morgan fingerprint density at radius 3 is 2.43 bits per heavy atom. The highest BCUT2D eigenvalue weighted by Gasteiger charge is 2.15. The first-order chi connectivity index (χ1) is 17.1. The maximum absolute atomic E-state index is 12.9. The van der Waals surface area contributed by atoms with Crippen molar-refractivity contribution in [2.24, 2.45) is 0 Å². The van der Waals surface area contributed by atoms with Crippen LogP contribution in [0.1, 0.15) is 43.1 Å². The summed E-state index contributed by atoms with van der Waals surface area (Å²) in [5, 5.41) is 0. The van der Waals surface area contributed by atoms with Gasteiger partial charge in [0.1, 0.15) is 11.5 Å². The van der Waals surface area contributed by atoms with E-state index in [9.17, 15) is 9.59 Å². The molecule has 1 amide bonds. The van der Waals surface area contributed by atoms with E-state index in [-0.39, 0.29) is 11.9 Å². The number of amides is 1. The van der Waals surface area contributed by atoms with Gasteiger partial charge in [0.05, 0.1) is 25.2 Å². The summed E-state index contributed by atoms with van der Waals surface area (Å²) in [7, 11) is 1.78. The van der Waals surface area contributed by atoms with Gasteiger partial charge >= 0.3 is 5.97 Å². The molecule has 0 fully saturated rings. The second kappa shape index (κ2) is 15.7. The highest BCUT2D eigenvalue weighted by molar-refractivity contribution is 7.99. The van der Waals surface area contributed by atoms with Gasteiger partial charge in [0.25, 0.3) is 5.91 Å². The van der Waals surface area contributed by atoms with Gasteiger partial charge in [-0.15, -0.1) is 0 Å². The molecule has 0 aliphatic rings. The Balaban J connectivity index is 0.00000210. The summed E-state index contributed by atoms with van der Waals surface area (Å²) in [6.07, 6.45) is 2.44. The second-order valence-electron chi connectivity index (χ2n) is 7.38. The summed E-state index contributed by atoms with van der Waals surface area (Å²) in [5.41, 5.74) is 2.49. The van der Waals surface area contributed by atoms with Gasteiger partial charge in [0.15, 0.2) is 0 Å². The number of furan rings is 1. The number of rotatable bonds is 12. The quantitative estimate of drug-likeness (QED) is 0.216. The number of nitrogens with zero attached hydrogens (tertiary/aromatic N) is 1. The third-order valence-corrected chi connectivity index (χ3v) is 5.90. The molecule has 0 aliphatic carbocycles. The fraction of sp³-hybridized carbons (Fsp3) is 0.357. The lowest BCUT2D eigenvalue weighted by Gasteiger charge is -2.19. The smallest absolute Gasteiger partial charge is 0.315 e.